The fraction of sp³-hybridized carbons (Fsp3) is 0.0588. The molecule has 4 aliphatic rings. The molecule has 17 aromatic rings. The van der Waals surface area contributed by atoms with E-state index in [0.717, 1.165) is 72.8 Å². The van der Waals surface area contributed by atoms with E-state index >= 15 is 0 Å². The minimum atomic E-state index is -0.614. The van der Waals surface area contributed by atoms with Gasteiger partial charge in [0.15, 0.2) is 5.58 Å². The topological polar surface area (TPSA) is 19.6 Å². The largest absolute Gasteiger partial charge is 0.454 e. The van der Waals surface area contributed by atoms with Gasteiger partial charge in [0.05, 0.1) is 21.9 Å². The Labute approximate surface area is 612 Å². The molecule has 0 unspecified atom stereocenters. The number of para-hydroxylation sites is 2. The number of rotatable bonds is 11. The SMILES string of the molecule is Cc1ccc2c(c1)C(c1ccccc1)(c1ccccc1)c1cc(N(c3ccc(-c4ccc(N(c5ccc6c(c5)C5(c7ccccc7-c7ccccc75)c5ccccc5-6)c5cccc6c5oc5ccccc56)cc4)c(C)c3)c3ccc4c(c3)C(c3ccccc3)(c3ccccc3)c3cc(C)ccc3-4)ccc1-2. The van der Waals surface area contributed by atoms with Crippen molar-refractivity contribution >= 4 is 56.1 Å². The van der Waals surface area contributed by atoms with Crippen LogP contribution in [0.25, 0.3) is 77.6 Å². The molecule has 1 spiro atoms. The third-order valence-corrected chi connectivity index (χ3v) is 23.7. The minimum absolute atomic E-state index is 0.518. The average molecular weight is 1340 g/mol. The molecule has 0 atom stereocenters. The van der Waals surface area contributed by atoms with Crippen LogP contribution in [0.3, 0.4) is 0 Å². The van der Waals surface area contributed by atoms with Crippen molar-refractivity contribution in [3.8, 4) is 55.6 Å². The summed E-state index contributed by atoms with van der Waals surface area (Å²) in [4.78, 5) is 4.95. The average Bonchev–Trinajstić information content (AvgIpc) is 1.52. The number of aryl methyl sites for hydroxylation is 3. The molecule has 3 nitrogen and oxygen atoms in total. The first kappa shape index (κ1) is 60.7. The van der Waals surface area contributed by atoms with Gasteiger partial charge in [0.1, 0.15) is 5.58 Å². The Morgan fingerprint density at radius 3 is 1.03 bits per heavy atom. The van der Waals surface area contributed by atoms with Gasteiger partial charge in [0.25, 0.3) is 0 Å². The normalized spacial score (nSPS) is 13.9. The third-order valence-electron chi connectivity index (χ3n) is 23.7. The van der Waals surface area contributed by atoms with Crippen molar-refractivity contribution in [2.75, 3.05) is 9.80 Å². The lowest BCUT2D eigenvalue weighted by Gasteiger charge is -2.36. The highest BCUT2D eigenvalue weighted by molar-refractivity contribution is 6.11. The van der Waals surface area contributed by atoms with Crippen LogP contribution in [-0.2, 0) is 16.2 Å². The Morgan fingerprint density at radius 1 is 0.229 bits per heavy atom. The summed E-state index contributed by atoms with van der Waals surface area (Å²) >= 11 is 0. The van der Waals surface area contributed by atoms with E-state index < -0.39 is 16.2 Å². The van der Waals surface area contributed by atoms with Crippen LogP contribution < -0.4 is 9.80 Å². The fourth-order valence-corrected chi connectivity index (χ4v) is 19.4. The van der Waals surface area contributed by atoms with E-state index in [4.69, 9.17) is 4.42 Å². The highest BCUT2D eigenvalue weighted by Gasteiger charge is 2.53. The summed E-state index contributed by atoms with van der Waals surface area (Å²) in [5.41, 5.74) is 37.5. The molecule has 1 heterocycles. The molecule has 3 heteroatoms. The predicted octanol–water partition coefficient (Wildman–Crippen LogP) is 26.2. The summed E-state index contributed by atoms with van der Waals surface area (Å²) in [7, 11) is 0. The lowest BCUT2D eigenvalue weighted by molar-refractivity contribution is 0.669. The number of anilines is 6. The van der Waals surface area contributed by atoms with E-state index in [9.17, 15) is 0 Å². The van der Waals surface area contributed by atoms with Crippen LogP contribution in [0.2, 0.25) is 0 Å². The molecule has 494 valence electrons. The van der Waals surface area contributed by atoms with Crippen LogP contribution in [0.5, 0.6) is 0 Å². The molecule has 0 amide bonds. The molecule has 105 heavy (non-hydrogen) atoms. The summed E-state index contributed by atoms with van der Waals surface area (Å²) in [5, 5.41) is 2.18. The molecule has 0 bridgehead atoms. The first-order valence-corrected chi connectivity index (χ1v) is 36.7. The zero-order valence-electron chi connectivity index (χ0n) is 58.5. The number of benzene rings is 16. The van der Waals surface area contributed by atoms with Gasteiger partial charge in [-0.05, 0) is 222 Å². The zero-order chi connectivity index (χ0) is 69.7. The van der Waals surface area contributed by atoms with Gasteiger partial charge in [-0.15, -0.1) is 0 Å². The Morgan fingerprint density at radius 2 is 0.571 bits per heavy atom. The van der Waals surface area contributed by atoms with Crippen LogP contribution >= 0.6 is 0 Å². The first-order valence-electron chi connectivity index (χ1n) is 36.7. The van der Waals surface area contributed by atoms with Crippen LogP contribution in [0.1, 0.15) is 83.5 Å². The van der Waals surface area contributed by atoms with Crippen molar-refractivity contribution in [1.82, 2.24) is 0 Å². The second kappa shape index (κ2) is 23.2. The Hall–Kier alpha value is -13.1. The lowest BCUT2D eigenvalue weighted by atomic mass is 9.67. The summed E-state index contributed by atoms with van der Waals surface area (Å²) in [5.74, 6) is 0. The van der Waals surface area contributed by atoms with Gasteiger partial charge >= 0.3 is 0 Å². The van der Waals surface area contributed by atoms with Crippen LogP contribution in [-0.4, -0.2) is 0 Å². The molecule has 0 radical (unpaired) electrons. The van der Waals surface area contributed by atoms with Crippen molar-refractivity contribution < 1.29 is 4.42 Å². The number of hydrogen-bond donors (Lipinski definition) is 0. The summed E-state index contributed by atoms with van der Waals surface area (Å²) in [6.45, 7) is 6.74. The fourth-order valence-electron chi connectivity index (χ4n) is 19.4. The van der Waals surface area contributed by atoms with E-state index in [-0.39, 0.29) is 0 Å². The second-order valence-electron chi connectivity index (χ2n) is 29.1. The Kier molecular flexibility index (Phi) is 13.4. The molecular weight excluding hydrogens is 1270 g/mol. The molecule has 0 saturated heterocycles. The maximum absolute atomic E-state index is 6.98. The molecule has 0 fully saturated rings. The zero-order valence-corrected chi connectivity index (χ0v) is 58.5. The molecule has 16 aromatic carbocycles. The van der Waals surface area contributed by atoms with E-state index in [1.807, 2.05) is 0 Å². The van der Waals surface area contributed by atoms with E-state index in [1.165, 1.54) is 122 Å². The van der Waals surface area contributed by atoms with Crippen molar-refractivity contribution in [3.63, 3.8) is 0 Å². The van der Waals surface area contributed by atoms with E-state index in [0.29, 0.717) is 0 Å². The van der Waals surface area contributed by atoms with Gasteiger partial charge in [-0.1, -0.05) is 308 Å². The highest BCUT2D eigenvalue weighted by Crippen LogP contribution is 2.65. The maximum Gasteiger partial charge on any atom is 0.159 e. The molecule has 21 rings (SSSR count). The second-order valence-corrected chi connectivity index (χ2v) is 29.1. The summed E-state index contributed by atoms with van der Waals surface area (Å²) in [6.07, 6.45) is 0. The Balaban J connectivity index is 0.743. The van der Waals surface area contributed by atoms with E-state index in [1.54, 1.807) is 0 Å². The standard InChI is InChI=1S/C102H70N2O/c1-65-43-53-82-85-56-50-75(62-94(85)100(92(82)59-65,69-25-8-4-9-26-69)70-27-10-5-11-28-70)103(76-51-57-86-83-54-44-66(2)60-93(83)101(95(86)63-76,71-29-12-6-13-30-71)72-31-14-7-15-32-72)74-49-55-78(67(3)61-74)68-45-47-73(48-46-68)104(97-41-24-37-88-87-36-19-23-42-98(87)105-99(88)97)77-52-58-84-81-35-18-22-40-91(81)102(96(84)64-77)89-38-20-16-33-79(89)80-34-17-21-39-90(80)102/h4-64H,1-3H3. The molecule has 4 aliphatic carbocycles. The molecule has 0 saturated carbocycles. The predicted molar refractivity (Wildman–Crippen MR) is 434 cm³/mol. The van der Waals surface area contributed by atoms with E-state index in [2.05, 4.69) is 401 Å². The van der Waals surface area contributed by atoms with Gasteiger partial charge < -0.3 is 14.2 Å². The van der Waals surface area contributed by atoms with Crippen LogP contribution in [0.4, 0.5) is 34.1 Å². The van der Waals surface area contributed by atoms with Crippen molar-refractivity contribution in [1.29, 1.82) is 0 Å². The number of hydrogen-bond acceptors (Lipinski definition) is 3. The Bertz CT molecular complexity index is 6050. The molecular formula is C102H70N2O. The van der Waals surface area contributed by atoms with Crippen LogP contribution in [0.15, 0.2) is 374 Å². The smallest absolute Gasteiger partial charge is 0.159 e. The van der Waals surface area contributed by atoms with Gasteiger partial charge in [0.2, 0.25) is 0 Å². The third kappa shape index (κ3) is 8.61. The van der Waals surface area contributed by atoms with Crippen molar-refractivity contribution in [2.24, 2.45) is 0 Å². The monoisotopic (exact) mass is 1340 g/mol. The van der Waals surface area contributed by atoms with Gasteiger partial charge in [-0.2, -0.15) is 0 Å². The quantitative estimate of drug-likeness (QED) is 0.129. The highest BCUT2D eigenvalue weighted by atomic mass is 16.3. The van der Waals surface area contributed by atoms with Crippen molar-refractivity contribution in [2.45, 2.75) is 37.0 Å². The molecule has 0 N–H and O–H groups in total. The molecule has 0 aliphatic heterocycles. The van der Waals surface area contributed by atoms with Gasteiger partial charge in [-0.25, -0.2) is 0 Å². The lowest BCUT2D eigenvalue weighted by Crippen LogP contribution is -2.29. The summed E-state index contributed by atoms with van der Waals surface area (Å²) in [6, 6.07) is 139. The van der Waals surface area contributed by atoms with Gasteiger partial charge in [-0.3, -0.25) is 0 Å². The molecule has 1 aromatic heterocycles. The number of nitrogens with zero attached hydrogens (tertiary/aromatic N) is 2. The van der Waals surface area contributed by atoms with Crippen LogP contribution in [0, 0.1) is 20.8 Å². The maximum atomic E-state index is 6.98. The van der Waals surface area contributed by atoms with Crippen molar-refractivity contribution in [3.05, 3.63) is 454 Å². The number of fused-ring (bicyclic) bond motifs is 19. The number of furan rings is 1. The van der Waals surface area contributed by atoms with Gasteiger partial charge in [0, 0.05) is 39.2 Å². The summed E-state index contributed by atoms with van der Waals surface area (Å²) < 4.78 is 6.98. The first-order chi connectivity index (χ1) is 51.8. The minimum Gasteiger partial charge on any atom is -0.454 e.